The van der Waals surface area contributed by atoms with Gasteiger partial charge in [-0.05, 0) is 44.0 Å². The first-order chi connectivity index (χ1) is 11.7. The summed E-state index contributed by atoms with van der Waals surface area (Å²) in [5.41, 5.74) is 2.40. The zero-order chi connectivity index (χ0) is 17.3. The highest BCUT2D eigenvalue weighted by molar-refractivity contribution is 5.69. The molecule has 0 unspecified atom stereocenters. The van der Waals surface area contributed by atoms with Gasteiger partial charge < -0.3 is 33.2 Å². The number of halogens is 1. The zero-order valence-corrected chi connectivity index (χ0v) is 17.8. The van der Waals surface area contributed by atoms with Crippen molar-refractivity contribution in [3.63, 3.8) is 0 Å². The lowest BCUT2D eigenvalue weighted by atomic mass is 10.1. The smallest absolute Gasteiger partial charge is 0.137 e. The Bertz CT molecular complexity index is 610. The van der Waals surface area contributed by atoms with Crippen molar-refractivity contribution in [2.75, 3.05) is 32.8 Å². The Morgan fingerprint density at radius 3 is 1.80 bits per heavy atom. The van der Waals surface area contributed by atoms with Crippen LogP contribution in [0.3, 0.4) is 0 Å². The minimum atomic E-state index is 0. The highest BCUT2D eigenvalue weighted by Gasteiger charge is 2.20. The van der Waals surface area contributed by atoms with Crippen molar-refractivity contribution in [1.82, 2.24) is 0 Å². The van der Waals surface area contributed by atoms with Crippen molar-refractivity contribution < 1.29 is 33.2 Å². The maximum atomic E-state index is 5.95. The predicted molar refractivity (Wildman–Crippen MR) is 104 cm³/mol. The Hall–Kier alpha value is -1.33. The number of ether oxygens (including phenoxy) is 1. The maximum Gasteiger partial charge on any atom is 0.137 e. The fourth-order valence-corrected chi connectivity index (χ4v) is 2.93. The maximum absolute atomic E-state index is 5.95. The van der Waals surface area contributed by atoms with Gasteiger partial charge in [0.2, 0.25) is 0 Å². The van der Waals surface area contributed by atoms with Crippen LogP contribution in [0.4, 0.5) is 0 Å². The van der Waals surface area contributed by atoms with Gasteiger partial charge in [0.15, 0.2) is 0 Å². The Balaban J connectivity index is 0.00000312. The summed E-state index contributed by atoms with van der Waals surface area (Å²) < 4.78 is 7.07. The summed E-state index contributed by atoms with van der Waals surface area (Å²) in [6.07, 6.45) is 4.26. The van der Waals surface area contributed by atoms with E-state index in [1.165, 1.54) is 30.8 Å². The van der Waals surface area contributed by atoms with Crippen molar-refractivity contribution in [1.29, 1.82) is 0 Å². The van der Waals surface area contributed by atoms with E-state index in [2.05, 4.69) is 81.5 Å². The zero-order valence-electron chi connectivity index (χ0n) is 15.6. The predicted octanol–water partition coefficient (Wildman–Crippen LogP) is 2.12. The Labute approximate surface area is 170 Å². The Kier molecular flexibility index (Phi) is 9.83. The van der Waals surface area contributed by atoms with E-state index in [4.69, 9.17) is 4.74 Å². The van der Waals surface area contributed by atoms with Crippen LogP contribution in [-0.2, 0) is 0 Å². The van der Waals surface area contributed by atoms with E-state index in [0.29, 0.717) is 0 Å². The van der Waals surface area contributed by atoms with Gasteiger partial charge >= 0.3 is 0 Å². The highest BCUT2D eigenvalue weighted by atomic mass is 127. The van der Waals surface area contributed by atoms with E-state index in [1.807, 2.05) is 6.07 Å². The molecule has 2 rings (SSSR count). The lowest BCUT2D eigenvalue weighted by Gasteiger charge is -2.35. The van der Waals surface area contributed by atoms with E-state index in [9.17, 15) is 0 Å². The summed E-state index contributed by atoms with van der Waals surface area (Å²) >= 11 is 0. The molecule has 25 heavy (non-hydrogen) atoms. The van der Waals surface area contributed by atoms with Gasteiger partial charge in [0.05, 0.1) is 19.6 Å². The molecule has 136 valence electrons. The van der Waals surface area contributed by atoms with E-state index in [1.54, 1.807) is 0 Å². The van der Waals surface area contributed by atoms with Gasteiger partial charge in [0, 0.05) is 0 Å². The first-order valence-electron chi connectivity index (χ1n) is 9.02. The topological polar surface area (TPSA) is 9.23 Å². The van der Waals surface area contributed by atoms with E-state index < -0.39 is 0 Å². The summed E-state index contributed by atoms with van der Waals surface area (Å²) in [7, 11) is 0. The molecular weight excluding hydrogens is 421 g/mol. The summed E-state index contributed by atoms with van der Waals surface area (Å²) in [6.45, 7) is 12.1. The van der Waals surface area contributed by atoms with Crippen LogP contribution in [0.1, 0.15) is 31.9 Å². The minimum Gasteiger partial charge on any atom is -1.00 e. The summed E-state index contributed by atoms with van der Waals surface area (Å²) in [5, 5.41) is 0. The summed E-state index contributed by atoms with van der Waals surface area (Å²) in [4.78, 5) is 0. The van der Waals surface area contributed by atoms with Crippen LogP contribution >= 0.6 is 0 Å². The molecule has 0 saturated heterocycles. The molecule has 0 spiro atoms. The molecule has 0 aliphatic rings. The van der Waals surface area contributed by atoms with Gasteiger partial charge in [0.25, 0.3) is 0 Å². The summed E-state index contributed by atoms with van der Waals surface area (Å²) in [6, 6.07) is 18.7. The molecule has 0 amide bonds. The molecule has 0 aliphatic heterocycles. The monoisotopic (exact) mass is 451 g/mol. The van der Waals surface area contributed by atoms with Gasteiger partial charge in [-0.2, -0.15) is 0 Å². The number of rotatable bonds is 9. The molecule has 0 saturated carbocycles. The van der Waals surface area contributed by atoms with Gasteiger partial charge in [-0.25, -0.2) is 0 Å². The Morgan fingerprint density at radius 1 is 0.760 bits per heavy atom. The third-order valence-corrected chi connectivity index (χ3v) is 4.99. The molecule has 0 aliphatic carbocycles. The van der Waals surface area contributed by atoms with E-state index in [-0.39, 0.29) is 24.0 Å². The minimum absolute atomic E-state index is 0. The average Bonchev–Trinajstić information content (AvgIpc) is 2.66. The fourth-order valence-electron chi connectivity index (χ4n) is 2.93. The molecule has 0 atom stereocenters. The normalized spacial score (nSPS) is 11.3. The third kappa shape index (κ3) is 6.83. The second kappa shape index (κ2) is 11.3. The van der Waals surface area contributed by atoms with Crippen LogP contribution in [0.25, 0.3) is 12.2 Å². The van der Waals surface area contributed by atoms with Crippen molar-refractivity contribution in [2.45, 2.75) is 20.8 Å². The van der Waals surface area contributed by atoms with Crippen LogP contribution in [-0.4, -0.2) is 37.3 Å². The number of benzene rings is 2. The van der Waals surface area contributed by atoms with Crippen LogP contribution in [0.2, 0.25) is 0 Å². The van der Waals surface area contributed by atoms with Crippen LogP contribution in [0, 0.1) is 0 Å². The molecule has 2 aromatic rings. The Morgan fingerprint density at radius 2 is 1.28 bits per heavy atom. The lowest BCUT2D eigenvalue weighted by molar-refractivity contribution is -0.923. The second-order valence-electron chi connectivity index (χ2n) is 6.18. The molecular formula is C22H30INO. The standard InChI is InChI=1S/C22H30NO.HI/c1-4-23(5-2,6-3)18-19-24-22-16-14-21(15-17-22)13-12-20-10-8-7-9-11-20;/h7-17H,4-6,18-19H2,1-3H3;1H/q+1;/p-1/b13-12+;. The molecule has 0 N–H and O–H groups in total. The molecule has 3 heteroatoms. The van der Waals surface area contributed by atoms with Gasteiger partial charge in [-0.1, -0.05) is 54.6 Å². The fraction of sp³-hybridized carbons (Fsp3) is 0.364. The molecule has 2 aromatic carbocycles. The number of quaternary nitrogens is 1. The van der Waals surface area contributed by atoms with Crippen LogP contribution in [0.5, 0.6) is 5.75 Å². The molecule has 0 fully saturated rings. The molecule has 0 radical (unpaired) electrons. The van der Waals surface area contributed by atoms with Crippen LogP contribution in [0.15, 0.2) is 54.6 Å². The molecule has 0 aromatic heterocycles. The van der Waals surface area contributed by atoms with Crippen molar-refractivity contribution in [3.05, 3.63) is 65.7 Å². The van der Waals surface area contributed by atoms with Crippen molar-refractivity contribution in [3.8, 4) is 5.75 Å². The molecule has 0 bridgehead atoms. The SMILES string of the molecule is CC[N+](CC)(CC)CCOc1ccc(/C=C/c2ccccc2)cc1.[I-]. The second-order valence-corrected chi connectivity index (χ2v) is 6.18. The molecule has 0 heterocycles. The number of nitrogens with zero attached hydrogens (tertiary/aromatic N) is 1. The largest absolute Gasteiger partial charge is 1.00 e. The van der Waals surface area contributed by atoms with Gasteiger partial charge in [-0.3, -0.25) is 0 Å². The van der Waals surface area contributed by atoms with Crippen molar-refractivity contribution >= 4 is 12.2 Å². The lowest BCUT2D eigenvalue weighted by Crippen LogP contribution is -3.00. The van der Waals surface area contributed by atoms with Crippen molar-refractivity contribution in [2.24, 2.45) is 0 Å². The first kappa shape index (κ1) is 21.7. The van der Waals surface area contributed by atoms with Gasteiger partial charge in [-0.15, -0.1) is 0 Å². The average molecular weight is 451 g/mol. The number of hydrogen-bond donors (Lipinski definition) is 0. The quantitative estimate of drug-likeness (QED) is 0.323. The first-order valence-corrected chi connectivity index (χ1v) is 9.02. The van der Waals surface area contributed by atoms with Gasteiger partial charge in [0.1, 0.15) is 18.9 Å². The highest BCUT2D eigenvalue weighted by Crippen LogP contribution is 2.15. The third-order valence-electron chi connectivity index (χ3n) is 4.99. The van der Waals surface area contributed by atoms with Crippen LogP contribution < -0.4 is 28.7 Å². The number of hydrogen-bond acceptors (Lipinski definition) is 1. The van der Waals surface area contributed by atoms with E-state index >= 15 is 0 Å². The summed E-state index contributed by atoms with van der Waals surface area (Å²) in [5.74, 6) is 0.952. The van der Waals surface area contributed by atoms with E-state index in [0.717, 1.165) is 23.4 Å². The molecule has 2 nitrogen and oxygen atoms in total. The number of likely N-dealkylation sites (N-methyl/N-ethyl adjacent to an activating group) is 1.